The van der Waals surface area contributed by atoms with E-state index >= 15 is 0 Å². The number of amides is 8. The summed E-state index contributed by atoms with van der Waals surface area (Å²) in [7, 11) is 0. The van der Waals surface area contributed by atoms with Gasteiger partial charge in [0.2, 0.25) is 47.3 Å². The van der Waals surface area contributed by atoms with Gasteiger partial charge in [0.05, 0.1) is 12.5 Å². The highest BCUT2D eigenvalue weighted by atomic mass is 16.4. The van der Waals surface area contributed by atoms with Crippen LogP contribution in [-0.4, -0.2) is 151 Å². The van der Waals surface area contributed by atoms with E-state index < -0.39 is 189 Å². The third kappa shape index (κ3) is 22.2. The predicted octanol–water partition coefficient (Wildman–Crippen LogP) is -4.54. The highest BCUT2D eigenvalue weighted by Gasteiger charge is 2.35. The highest BCUT2D eigenvalue weighted by molar-refractivity contribution is 5.98. The molecule has 360 valence electrons. The number of carbonyl (C=O) groups excluding carboxylic acids is 8. The van der Waals surface area contributed by atoms with Crippen LogP contribution in [0, 0.1) is 11.8 Å². The van der Waals surface area contributed by atoms with Gasteiger partial charge in [0.1, 0.15) is 42.3 Å². The van der Waals surface area contributed by atoms with Crippen LogP contribution in [0.1, 0.15) is 92.4 Å². The Balaban J connectivity index is 6.33. The van der Waals surface area contributed by atoms with Crippen molar-refractivity contribution in [3.05, 3.63) is 0 Å². The number of nitrogens with one attached hydrogen (secondary N) is 7. The molecule has 0 aromatic rings. The first-order chi connectivity index (χ1) is 29.6. The molecule has 0 saturated heterocycles. The quantitative estimate of drug-likeness (QED) is 0.0311. The van der Waals surface area contributed by atoms with Gasteiger partial charge in [-0.25, -0.2) is 4.79 Å². The fraction of sp³-hybridized carbons (Fsp3) is 0.649. The first-order valence-corrected chi connectivity index (χ1v) is 19.8. The summed E-state index contributed by atoms with van der Waals surface area (Å²) in [6, 6.07) is -12.7. The maximum atomic E-state index is 13.6. The average molecular weight is 918 g/mol. The molecule has 27 heteroatoms. The van der Waals surface area contributed by atoms with Crippen molar-refractivity contribution in [1.82, 2.24) is 37.2 Å². The topological polar surface area (TPSA) is 459 Å². The normalized spacial score (nSPS) is 14.7. The predicted molar refractivity (Wildman–Crippen MR) is 216 cm³/mol. The van der Waals surface area contributed by atoms with Crippen molar-refractivity contribution < 1.29 is 87.9 Å². The average Bonchev–Trinajstić information content (AvgIpc) is 3.17. The third-order valence-electron chi connectivity index (χ3n) is 9.11. The van der Waals surface area contributed by atoms with E-state index in [4.69, 9.17) is 21.7 Å². The molecule has 0 fully saturated rings. The van der Waals surface area contributed by atoms with Crippen molar-refractivity contribution in [2.24, 2.45) is 23.3 Å². The van der Waals surface area contributed by atoms with Gasteiger partial charge in [-0.3, -0.25) is 57.5 Å². The summed E-state index contributed by atoms with van der Waals surface area (Å²) in [4.78, 5) is 161. The molecule has 0 aromatic heterocycles. The van der Waals surface area contributed by atoms with E-state index in [9.17, 15) is 77.6 Å². The number of hydrogen-bond donors (Lipinski definition) is 14. The van der Waals surface area contributed by atoms with E-state index in [-0.39, 0.29) is 6.42 Å². The largest absolute Gasteiger partial charge is 0.481 e. The number of carboxylic acids is 5. The summed E-state index contributed by atoms with van der Waals surface area (Å²) in [6.07, 6.45) is -5.56. The molecule has 16 N–H and O–H groups in total. The van der Waals surface area contributed by atoms with Crippen LogP contribution in [0.25, 0.3) is 0 Å². The zero-order valence-electron chi connectivity index (χ0n) is 35.8. The van der Waals surface area contributed by atoms with E-state index in [1.165, 1.54) is 13.8 Å². The second-order valence-corrected chi connectivity index (χ2v) is 15.3. The van der Waals surface area contributed by atoms with Crippen LogP contribution >= 0.6 is 0 Å². The number of aliphatic carboxylic acids is 5. The molecule has 0 saturated carbocycles. The molecule has 0 bridgehead atoms. The van der Waals surface area contributed by atoms with Crippen LogP contribution in [0.3, 0.4) is 0 Å². The van der Waals surface area contributed by atoms with Gasteiger partial charge in [-0.05, 0) is 44.4 Å². The Morgan fingerprint density at radius 2 is 0.719 bits per heavy atom. The van der Waals surface area contributed by atoms with Gasteiger partial charge in [-0.15, -0.1) is 0 Å². The number of hydrogen-bond acceptors (Lipinski definition) is 14. The van der Waals surface area contributed by atoms with E-state index in [2.05, 4.69) is 31.9 Å². The molecule has 8 unspecified atom stereocenters. The molecule has 64 heavy (non-hydrogen) atoms. The van der Waals surface area contributed by atoms with E-state index in [1.807, 2.05) is 5.32 Å². The SMILES string of the molecule is CC(NC(=O)C(CCC(=O)O)NC(=O)C(CCC(=O)O)NC(=O)C(NC(=O)C(NC(=O)C(N)CCC(=O)O)C(C)C)C(C)C)C(=O)NC(CCC(=O)O)C(=O)NC(CC(N)=O)C(=O)O. The van der Waals surface area contributed by atoms with Crippen molar-refractivity contribution in [2.45, 2.75) is 141 Å². The summed E-state index contributed by atoms with van der Waals surface area (Å²) in [6.45, 7) is 7.19. The fourth-order valence-electron chi connectivity index (χ4n) is 5.48. The van der Waals surface area contributed by atoms with Crippen LogP contribution in [0.15, 0.2) is 0 Å². The van der Waals surface area contributed by atoms with Crippen molar-refractivity contribution in [3.63, 3.8) is 0 Å². The lowest BCUT2D eigenvalue weighted by Crippen LogP contribution is -2.61. The molecule has 0 aromatic carbocycles. The minimum Gasteiger partial charge on any atom is -0.481 e. The number of carboxylic acid groups (broad SMARTS) is 5. The Kier molecular flexibility index (Phi) is 24.9. The van der Waals surface area contributed by atoms with Crippen LogP contribution in [0.2, 0.25) is 0 Å². The molecule has 27 nitrogen and oxygen atoms in total. The van der Waals surface area contributed by atoms with Crippen LogP contribution in [-0.2, 0) is 62.3 Å². The molecule has 0 rings (SSSR count). The van der Waals surface area contributed by atoms with Gasteiger partial charge in [0.25, 0.3) is 0 Å². The number of primary amides is 1. The second kappa shape index (κ2) is 27.9. The molecular formula is C37H59N9O18. The minimum atomic E-state index is -1.86. The molecule has 8 amide bonds. The zero-order valence-corrected chi connectivity index (χ0v) is 35.8. The molecule has 0 aliphatic carbocycles. The molecule has 8 atom stereocenters. The van der Waals surface area contributed by atoms with Crippen molar-refractivity contribution in [2.75, 3.05) is 0 Å². The lowest BCUT2D eigenvalue weighted by Gasteiger charge is -2.29. The van der Waals surface area contributed by atoms with Crippen LogP contribution in [0.5, 0.6) is 0 Å². The molecule has 0 aliphatic heterocycles. The molecule has 0 spiro atoms. The van der Waals surface area contributed by atoms with Gasteiger partial charge >= 0.3 is 29.8 Å². The van der Waals surface area contributed by atoms with Crippen LogP contribution < -0.4 is 48.7 Å². The minimum absolute atomic E-state index is 0.242. The fourth-order valence-corrected chi connectivity index (χ4v) is 5.48. The molecule has 0 heterocycles. The Labute approximate surface area is 365 Å². The maximum absolute atomic E-state index is 13.6. The van der Waals surface area contributed by atoms with Crippen molar-refractivity contribution in [1.29, 1.82) is 0 Å². The third-order valence-corrected chi connectivity index (χ3v) is 9.11. The number of rotatable bonds is 31. The Bertz CT molecular complexity index is 1760. The van der Waals surface area contributed by atoms with E-state index in [1.54, 1.807) is 13.8 Å². The summed E-state index contributed by atoms with van der Waals surface area (Å²) < 4.78 is 0. The summed E-state index contributed by atoms with van der Waals surface area (Å²) in [5.41, 5.74) is 10.8. The van der Waals surface area contributed by atoms with Gasteiger partial charge in [-0.1, -0.05) is 27.7 Å². The molecular weight excluding hydrogens is 858 g/mol. The van der Waals surface area contributed by atoms with E-state index in [0.29, 0.717) is 0 Å². The van der Waals surface area contributed by atoms with Crippen molar-refractivity contribution in [3.8, 4) is 0 Å². The summed E-state index contributed by atoms with van der Waals surface area (Å²) >= 11 is 0. The van der Waals surface area contributed by atoms with Crippen LogP contribution in [0.4, 0.5) is 0 Å². The first kappa shape index (κ1) is 57.1. The maximum Gasteiger partial charge on any atom is 0.326 e. The number of nitrogens with two attached hydrogens (primary N) is 2. The summed E-state index contributed by atoms with van der Waals surface area (Å²) in [5.74, 6) is -17.1. The van der Waals surface area contributed by atoms with Gasteiger partial charge in [-0.2, -0.15) is 0 Å². The first-order valence-electron chi connectivity index (χ1n) is 19.8. The second-order valence-electron chi connectivity index (χ2n) is 15.3. The standard InChI is InChI=1S/C37H59N9O18/c1-15(2)28(46-36(62)29(16(3)4)45-31(57)18(38)6-10-24(48)49)35(61)43-21(9-13-27(54)55)33(59)42-19(7-11-25(50)51)32(58)40-17(5)30(56)41-20(8-12-26(52)53)34(60)44-22(37(63)64)14-23(39)47/h15-22,28-29H,6-14,38H2,1-5H3,(H2,39,47)(H,40,58)(H,41,56)(H,42,59)(H,43,61)(H,44,60)(H,45,57)(H,46,62)(H,48,49)(H,50,51)(H,52,53)(H,54,55)(H,63,64). The number of carbonyl (C=O) groups is 13. The van der Waals surface area contributed by atoms with Crippen molar-refractivity contribution >= 4 is 77.1 Å². The Morgan fingerprint density at radius 3 is 1.08 bits per heavy atom. The lowest BCUT2D eigenvalue weighted by molar-refractivity contribution is -0.144. The lowest BCUT2D eigenvalue weighted by atomic mass is 9.98. The smallest absolute Gasteiger partial charge is 0.326 e. The Morgan fingerprint density at radius 1 is 0.406 bits per heavy atom. The van der Waals surface area contributed by atoms with Gasteiger partial charge in [0, 0.05) is 25.7 Å². The summed E-state index contributed by atoms with van der Waals surface area (Å²) in [5, 5.41) is 61.7. The molecule has 0 radical (unpaired) electrons. The Hall–Kier alpha value is -6.93. The molecule has 0 aliphatic rings. The zero-order chi connectivity index (χ0) is 49.6. The van der Waals surface area contributed by atoms with Gasteiger partial charge in [0.15, 0.2) is 0 Å². The van der Waals surface area contributed by atoms with E-state index in [0.717, 1.165) is 6.92 Å². The van der Waals surface area contributed by atoms with Gasteiger partial charge < -0.3 is 74.2 Å². The highest BCUT2D eigenvalue weighted by Crippen LogP contribution is 2.11. The monoisotopic (exact) mass is 917 g/mol.